The summed E-state index contributed by atoms with van der Waals surface area (Å²) in [5.74, 6) is 3.01. The van der Waals surface area contributed by atoms with Crippen LogP contribution in [0.15, 0.2) is 23.5 Å². The van der Waals surface area contributed by atoms with Crippen LogP contribution in [0.3, 0.4) is 0 Å². The molecule has 6 unspecified atom stereocenters. The van der Waals surface area contributed by atoms with Gasteiger partial charge in [0.15, 0.2) is 0 Å². The van der Waals surface area contributed by atoms with Gasteiger partial charge in [0.2, 0.25) is 0 Å². The molecular weight excluding hydrogens is 515 g/mol. The summed E-state index contributed by atoms with van der Waals surface area (Å²) in [5.41, 5.74) is 1.36. The molecule has 4 aliphatic carbocycles. The Labute approximate surface area is 179 Å². The molecule has 24 heavy (non-hydrogen) atoms. The van der Waals surface area contributed by atoms with E-state index in [4.69, 9.17) is 4.74 Å². The monoisotopic (exact) mass is 541 g/mol. The Kier molecular flexibility index (Phi) is 4.39. The van der Waals surface area contributed by atoms with Gasteiger partial charge in [-0.2, -0.15) is 0 Å². The molecule has 1 aliphatic heterocycles. The van der Waals surface area contributed by atoms with Crippen LogP contribution in [0.25, 0.3) is 0 Å². The topological polar surface area (TPSA) is 46.5 Å². The van der Waals surface area contributed by atoms with E-state index in [2.05, 4.69) is 13.0 Å². The molecule has 0 aromatic rings. The van der Waals surface area contributed by atoms with Crippen LogP contribution in [-0.2, 0) is 9.53 Å². The normalized spacial score (nSPS) is 49.1. The summed E-state index contributed by atoms with van der Waals surface area (Å²) in [7, 11) is 0. The minimum atomic E-state index is -0.0648. The van der Waals surface area contributed by atoms with Crippen LogP contribution in [-0.4, -0.2) is 24.1 Å². The van der Waals surface area contributed by atoms with Crippen LogP contribution in [0.4, 0.5) is 0 Å². The molecule has 3 fully saturated rings. The number of allylic oxidation sites excluding steroid dienone is 2. The fourth-order valence-corrected chi connectivity index (χ4v) is 6.82. The van der Waals surface area contributed by atoms with Crippen LogP contribution in [0, 0.1) is 78.6 Å². The number of fused-ring (bicyclic) bond motifs is 4. The maximum atomic E-state index is 12.5. The molecule has 2 bridgehead atoms. The predicted molar refractivity (Wildman–Crippen MR) is 86.8 cm³/mol. The fourth-order valence-electron chi connectivity index (χ4n) is 6.82. The van der Waals surface area contributed by atoms with Gasteiger partial charge in [0.05, 0.1) is 19.0 Å². The van der Waals surface area contributed by atoms with Crippen molar-refractivity contribution in [2.75, 3.05) is 13.2 Å². The van der Waals surface area contributed by atoms with Gasteiger partial charge in [-0.1, -0.05) is 13.0 Å². The zero-order valence-corrected chi connectivity index (χ0v) is 19.2. The number of hydrogen-bond donors (Lipinski definition) is 1. The van der Waals surface area contributed by atoms with Crippen molar-refractivity contribution in [3.8, 4) is 0 Å². The van der Waals surface area contributed by atoms with Crippen LogP contribution in [0.1, 0.15) is 45.4 Å². The maximum absolute atomic E-state index is 12.5. The van der Waals surface area contributed by atoms with Crippen LogP contribution >= 0.6 is 0 Å². The van der Waals surface area contributed by atoms with Gasteiger partial charge in [-0.05, 0) is 61.5 Å². The molecule has 0 aromatic heterocycles. The van der Waals surface area contributed by atoms with Gasteiger partial charge in [0.1, 0.15) is 5.78 Å². The van der Waals surface area contributed by atoms with Crippen LogP contribution in [0.2, 0.25) is 0 Å². The first-order valence-electron chi connectivity index (χ1n) is 9.27. The summed E-state index contributed by atoms with van der Waals surface area (Å²) in [4.78, 5) is 12.5. The summed E-state index contributed by atoms with van der Waals surface area (Å²) >= 11 is 0. The van der Waals surface area contributed by atoms with Gasteiger partial charge in [0, 0.05) is 67.2 Å². The number of aliphatic hydroxyl groups excluding tert-OH is 1. The molecule has 2 saturated carbocycles. The first-order chi connectivity index (χ1) is 11.0. The second-order valence-corrected chi connectivity index (χ2v) is 8.83. The zero-order chi connectivity index (χ0) is 15.8. The van der Waals surface area contributed by atoms with E-state index < -0.39 is 0 Å². The zero-order valence-electron chi connectivity index (χ0n) is 14.5. The number of ether oxygens (including phenoxy) is 1. The Bertz CT molecular complexity index is 639. The second-order valence-electron chi connectivity index (χ2n) is 8.83. The maximum Gasteiger partial charge on any atom is 0.139 e. The average molecular weight is 541 g/mol. The number of carbonyl (C=O) groups is 1. The van der Waals surface area contributed by atoms with Crippen molar-refractivity contribution in [2.45, 2.75) is 45.4 Å². The van der Waals surface area contributed by atoms with Crippen molar-refractivity contribution in [3.05, 3.63) is 23.5 Å². The van der Waals surface area contributed by atoms with E-state index in [0.29, 0.717) is 35.9 Å². The van der Waals surface area contributed by atoms with Gasteiger partial charge in [-0.15, -0.1) is 0 Å². The van der Waals surface area contributed by atoms with Crippen LogP contribution < -0.4 is 0 Å². The van der Waals surface area contributed by atoms with E-state index >= 15 is 0 Å². The Hall–Kier alpha value is 0.352. The standard InChI is InChI=1S/C20H26O3.Ac/c1-19-7-6-16-14(15(19)4-5-18(19)22)3-2-13-8-17(21)12-9-20(13,16)11-23-10-12;/h2,8,12,14-16,21H,3-7,9-11H2,1H3;. The Morgan fingerprint density at radius 3 is 2.96 bits per heavy atom. The van der Waals surface area contributed by atoms with Gasteiger partial charge < -0.3 is 9.84 Å². The molecule has 127 valence electrons. The largest absolute Gasteiger partial charge is 0.512 e. The van der Waals surface area contributed by atoms with Gasteiger partial charge in [-0.3, -0.25) is 4.79 Å². The third-order valence-electron chi connectivity index (χ3n) is 8.05. The van der Waals surface area contributed by atoms with Crippen molar-refractivity contribution in [3.63, 3.8) is 0 Å². The Morgan fingerprint density at radius 1 is 1.29 bits per heavy atom. The molecular formula is C20H26AcO3. The third kappa shape index (κ3) is 2.18. The fraction of sp³-hybridized carbons (Fsp3) is 0.750. The molecule has 6 atom stereocenters. The molecule has 1 heterocycles. The number of ketones is 1. The van der Waals surface area contributed by atoms with Crippen molar-refractivity contribution >= 4 is 5.78 Å². The summed E-state index contributed by atoms with van der Waals surface area (Å²) in [5, 5.41) is 10.3. The van der Waals surface area contributed by atoms with Crippen molar-refractivity contribution in [1.82, 2.24) is 0 Å². The van der Waals surface area contributed by atoms with Gasteiger partial charge in [-0.25, -0.2) is 0 Å². The van der Waals surface area contributed by atoms with Crippen molar-refractivity contribution in [1.29, 1.82) is 0 Å². The molecule has 1 radical (unpaired) electrons. The molecule has 1 saturated heterocycles. The Morgan fingerprint density at radius 2 is 2.12 bits per heavy atom. The molecule has 0 amide bonds. The van der Waals surface area contributed by atoms with Gasteiger partial charge >= 0.3 is 0 Å². The Balaban J connectivity index is 0.00000146. The van der Waals surface area contributed by atoms with Gasteiger partial charge in [0.25, 0.3) is 0 Å². The van der Waals surface area contributed by atoms with E-state index in [-0.39, 0.29) is 60.8 Å². The molecule has 0 aromatic carbocycles. The number of rotatable bonds is 0. The molecule has 1 N–H and O–H groups in total. The summed E-state index contributed by atoms with van der Waals surface area (Å²) < 4.78 is 5.97. The van der Waals surface area contributed by atoms with Crippen LogP contribution in [0.5, 0.6) is 0 Å². The van der Waals surface area contributed by atoms with E-state index in [0.717, 1.165) is 45.1 Å². The molecule has 5 aliphatic rings. The number of Topliss-reactive ketones (excluding diaryl/α,β-unsaturated/α-hetero) is 1. The molecule has 5 rings (SSSR count). The van der Waals surface area contributed by atoms with E-state index in [1.54, 1.807) is 0 Å². The third-order valence-corrected chi connectivity index (χ3v) is 8.05. The van der Waals surface area contributed by atoms with E-state index in [1.165, 1.54) is 5.57 Å². The first kappa shape index (κ1) is 17.7. The van der Waals surface area contributed by atoms with Crippen molar-refractivity contribution in [2.24, 2.45) is 34.5 Å². The summed E-state index contributed by atoms with van der Waals surface area (Å²) in [6.45, 7) is 3.69. The predicted octanol–water partition coefficient (Wildman–Crippen LogP) is 3.81. The van der Waals surface area contributed by atoms with E-state index in [1.807, 2.05) is 6.08 Å². The molecule has 4 heteroatoms. The SMILES string of the molecule is CC12CCC3C(CC=C4C=C(O)C5COCC43C5)C1CCC2=O.[Ac]. The number of aliphatic hydroxyl groups is 1. The molecule has 3 nitrogen and oxygen atoms in total. The van der Waals surface area contributed by atoms with Crippen molar-refractivity contribution < 1.29 is 58.7 Å². The summed E-state index contributed by atoms with van der Waals surface area (Å²) in [6, 6.07) is 0. The minimum absolute atomic E-state index is 0. The molecule has 1 spiro atoms. The quantitative estimate of drug-likeness (QED) is 0.508. The summed E-state index contributed by atoms with van der Waals surface area (Å²) in [6.07, 6.45) is 10.6. The minimum Gasteiger partial charge on any atom is -0.512 e. The number of carbonyl (C=O) groups excluding carboxylic acids is 1. The first-order valence-corrected chi connectivity index (χ1v) is 9.27. The average Bonchev–Trinajstić information content (AvgIpc) is 2.85. The number of hydrogen-bond acceptors (Lipinski definition) is 3. The second kappa shape index (κ2) is 5.93. The smallest absolute Gasteiger partial charge is 0.139 e. The van der Waals surface area contributed by atoms with E-state index in [9.17, 15) is 9.90 Å².